The van der Waals surface area contributed by atoms with Crippen LogP contribution in [0, 0.1) is 18.3 Å². The smallest absolute Gasteiger partial charge is 0.378 e. The number of fused-ring (bicyclic) bond motifs is 1. The van der Waals surface area contributed by atoms with Crippen LogP contribution >= 0.6 is 0 Å². The molecule has 0 spiro atoms. The summed E-state index contributed by atoms with van der Waals surface area (Å²) in [6.45, 7) is 12.6. The number of nitrogens with zero attached hydrogens (tertiary/aromatic N) is 2. The second kappa shape index (κ2) is 12.6. The minimum Gasteiger partial charge on any atom is -0.378 e. The maximum Gasteiger partial charge on any atom is 0.416 e. The van der Waals surface area contributed by atoms with Crippen LogP contribution in [0.1, 0.15) is 62.4 Å². The zero-order chi connectivity index (χ0) is 34.4. The summed E-state index contributed by atoms with van der Waals surface area (Å²) >= 11 is 0. The maximum absolute atomic E-state index is 14.3. The molecule has 2 N–H and O–H groups in total. The third-order valence-corrected chi connectivity index (χ3v) is 10.4. The average Bonchev–Trinajstić information content (AvgIpc) is 3.40. The molecule has 10 heteroatoms. The summed E-state index contributed by atoms with van der Waals surface area (Å²) < 4.78 is 45.4. The molecule has 2 amide bonds. The number of carbonyl (C=O) groups is 2. The largest absolute Gasteiger partial charge is 0.416 e. The monoisotopic (exact) mass is 660 g/mol. The maximum atomic E-state index is 14.3. The molecule has 1 saturated heterocycles. The molecule has 0 bridgehead atoms. The molecule has 3 aromatic carbocycles. The van der Waals surface area contributed by atoms with Gasteiger partial charge in [0, 0.05) is 54.0 Å². The highest BCUT2D eigenvalue weighted by molar-refractivity contribution is 6.00. The molecule has 48 heavy (non-hydrogen) atoms. The summed E-state index contributed by atoms with van der Waals surface area (Å²) in [5.74, 6) is -0.464. The third kappa shape index (κ3) is 6.55. The summed E-state index contributed by atoms with van der Waals surface area (Å²) in [7, 11) is 0. The number of H-pyrrole nitrogens is 1. The van der Waals surface area contributed by atoms with E-state index in [0.717, 1.165) is 47.5 Å². The van der Waals surface area contributed by atoms with Gasteiger partial charge in [-0.2, -0.15) is 13.2 Å². The number of hydrogen-bond donors (Lipinski definition) is 2. The van der Waals surface area contributed by atoms with Crippen LogP contribution in [0.25, 0.3) is 10.9 Å². The normalized spacial score (nSPS) is 19.3. The Morgan fingerprint density at radius 3 is 2.27 bits per heavy atom. The van der Waals surface area contributed by atoms with E-state index in [-0.39, 0.29) is 42.0 Å². The summed E-state index contributed by atoms with van der Waals surface area (Å²) in [5, 5.41) is 4.12. The Morgan fingerprint density at radius 2 is 1.62 bits per heavy atom. The minimum absolute atomic E-state index is 0.0166. The van der Waals surface area contributed by atoms with E-state index in [1.165, 1.54) is 22.6 Å². The first-order valence-corrected chi connectivity index (χ1v) is 16.5. The molecule has 2 atom stereocenters. The van der Waals surface area contributed by atoms with Crippen LogP contribution in [-0.4, -0.2) is 53.5 Å². The van der Waals surface area contributed by atoms with Gasteiger partial charge in [0.05, 0.1) is 18.8 Å². The highest BCUT2D eigenvalue weighted by atomic mass is 19.4. The number of nitrogens with one attached hydrogen (secondary N) is 2. The van der Waals surface area contributed by atoms with Gasteiger partial charge in [0.25, 0.3) is 0 Å². The molecule has 4 aromatic rings. The van der Waals surface area contributed by atoms with E-state index in [1.807, 2.05) is 42.5 Å². The Kier molecular flexibility index (Phi) is 8.83. The Morgan fingerprint density at radius 1 is 0.979 bits per heavy atom. The highest BCUT2D eigenvalue weighted by Crippen LogP contribution is 2.67. The number of amides is 2. The van der Waals surface area contributed by atoms with E-state index >= 15 is 0 Å². The fourth-order valence-electron chi connectivity index (χ4n) is 7.26. The van der Waals surface area contributed by atoms with Crippen molar-refractivity contribution in [3.63, 3.8) is 0 Å². The molecule has 7 nitrogen and oxygen atoms in total. The molecule has 1 aliphatic heterocycles. The molecule has 2 fully saturated rings. The number of hydrogen-bond acceptors (Lipinski definition) is 4. The number of para-hydroxylation sites is 1. The Labute approximate surface area is 279 Å². The highest BCUT2D eigenvalue weighted by Gasteiger charge is 2.60. The van der Waals surface area contributed by atoms with E-state index in [2.05, 4.69) is 42.0 Å². The molecule has 1 aliphatic carbocycles. The fraction of sp³-hybridized carbons (Fsp3) is 0.421. The van der Waals surface area contributed by atoms with E-state index < -0.39 is 17.3 Å². The zero-order valence-electron chi connectivity index (χ0n) is 28.1. The number of anilines is 2. The summed E-state index contributed by atoms with van der Waals surface area (Å²) in [5.41, 5.74) is 3.20. The summed E-state index contributed by atoms with van der Waals surface area (Å²) in [4.78, 5) is 35.5. The molecule has 0 unspecified atom stereocenters. The van der Waals surface area contributed by atoms with Gasteiger partial charge in [-0.3, -0.25) is 9.59 Å². The quantitative estimate of drug-likeness (QED) is 0.191. The van der Waals surface area contributed by atoms with Gasteiger partial charge in [0.15, 0.2) is 0 Å². The van der Waals surface area contributed by atoms with Crippen molar-refractivity contribution in [2.75, 3.05) is 36.5 Å². The van der Waals surface area contributed by atoms with Crippen molar-refractivity contribution in [1.82, 2.24) is 9.88 Å². The molecule has 254 valence electrons. The first-order valence-electron chi connectivity index (χ1n) is 16.5. The van der Waals surface area contributed by atoms with Crippen LogP contribution in [0.3, 0.4) is 0 Å². The number of ether oxygens (including phenoxy) is 1. The van der Waals surface area contributed by atoms with Crippen molar-refractivity contribution in [3.8, 4) is 0 Å². The number of carbonyl (C=O) groups excluding carboxylic acids is 2. The SMILES string of the molecule is Cc1[nH]c2ccccc2c1[C@H]1[C@@H](CC(=O)N(Cc2ccc(C(F)(F)F)cc2)C(C)(C)C(=O)Nc2ccc(N3CCOCC3)cc2)C1(C)C. The van der Waals surface area contributed by atoms with Gasteiger partial charge in [-0.15, -0.1) is 0 Å². The number of benzene rings is 3. The van der Waals surface area contributed by atoms with Crippen LogP contribution in [0.4, 0.5) is 24.5 Å². The van der Waals surface area contributed by atoms with Crippen LogP contribution in [0.5, 0.6) is 0 Å². The zero-order valence-corrected chi connectivity index (χ0v) is 28.1. The van der Waals surface area contributed by atoms with Crippen molar-refractivity contribution in [2.24, 2.45) is 11.3 Å². The number of aromatic amines is 1. The Bertz CT molecular complexity index is 1790. The lowest BCUT2D eigenvalue weighted by Crippen LogP contribution is -2.54. The molecule has 1 aromatic heterocycles. The van der Waals surface area contributed by atoms with Gasteiger partial charge >= 0.3 is 6.18 Å². The Balaban J connectivity index is 1.24. The number of morpholine rings is 1. The first-order chi connectivity index (χ1) is 22.7. The molecule has 0 radical (unpaired) electrons. The van der Waals surface area contributed by atoms with Gasteiger partial charge in [0.2, 0.25) is 11.8 Å². The molecular formula is C38H43F3N4O3. The Hall–Kier alpha value is -4.31. The van der Waals surface area contributed by atoms with Gasteiger partial charge in [-0.1, -0.05) is 44.2 Å². The van der Waals surface area contributed by atoms with Crippen molar-refractivity contribution < 1.29 is 27.5 Å². The topological polar surface area (TPSA) is 77.7 Å². The van der Waals surface area contributed by atoms with Crippen molar-refractivity contribution in [2.45, 2.75) is 65.2 Å². The van der Waals surface area contributed by atoms with E-state index in [1.54, 1.807) is 13.8 Å². The van der Waals surface area contributed by atoms with Gasteiger partial charge in [0.1, 0.15) is 5.54 Å². The van der Waals surface area contributed by atoms with E-state index in [9.17, 15) is 22.8 Å². The van der Waals surface area contributed by atoms with Crippen LogP contribution in [-0.2, 0) is 27.0 Å². The predicted molar refractivity (Wildman–Crippen MR) is 182 cm³/mol. The lowest BCUT2D eigenvalue weighted by molar-refractivity contribution is -0.145. The first kappa shape index (κ1) is 33.6. The molecular weight excluding hydrogens is 617 g/mol. The number of aryl methyl sites for hydroxylation is 1. The van der Waals surface area contributed by atoms with Crippen molar-refractivity contribution in [3.05, 3.63) is 95.2 Å². The second-order valence-corrected chi connectivity index (χ2v) is 14.2. The fourth-order valence-corrected chi connectivity index (χ4v) is 7.26. The predicted octanol–water partition coefficient (Wildman–Crippen LogP) is 7.91. The van der Waals surface area contributed by atoms with Gasteiger partial charge in [-0.25, -0.2) is 0 Å². The van der Waals surface area contributed by atoms with Crippen molar-refractivity contribution >= 4 is 34.1 Å². The summed E-state index contributed by atoms with van der Waals surface area (Å²) in [6.07, 6.45) is -4.28. The minimum atomic E-state index is -4.47. The number of halogens is 3. The molecule has 1 saturated carbocycles. The average molecular weight is 661 g/mol. The van der Waals surface area contributed by atoms with E-state index in [4.69, 9.17) is 4.74 Å². The molecule has 2 heterocycles. The van der Waals surface area contributed by atoms with Crippen molar-refractivity contribution in [1.29, 1.82) is 0 Å². The van der Waals surface area contributed by atoms with Crippen LogP contribution in [0.2, 0.25) is 0 Å². The lowest BCUT2D eigenvalue weighted by atomic mass is 9.97. The molecule has 6 rings (SSSR count). The summed E-state index contributed by atoms with van der Waals surface area (Å²) in [6, 6.07) is 20.5. The number of alkyl halides is 3. The third-order valence-electron chi connectivity index (χ3n) is 10.4. The number of rotatable bonds is 9. The van der Waals surface area contributed by atoms with Crippen LogP contribution in [0.15, 0.2) is 72.8 Å². The second-order valence-electron chi connectivity index (χ2n) is 14.2. The van der Waals surface area contributed by atoms with E-state index in [0.29, 0.717) is 24.5 Å². The standard InChI is InChI=1S/C38H43F3N4O3/c1-24-33(29-8-6-7-9-31(29)42-24)34-30(36(34,2)3)22-32(46)45(23-25-10-12-26(13-11-25)38(39,40)41)37(4,5)35(47)43-27-14-16-28(17-15-27)44-18-20-48-21-19-44/h6-17,30,34,42H,18-23H2,1-5H3,(H,43,47)/t30-,34-/m1/s1. The van der Waals surface area contributed by atoms with Gasteiger partial charge in [-0.05, 0) is 91.6 Å². The lowest BCUT2D eigenvalue weighted by Gasteiger charge is -2.38. The number of aromatic nitrogens is 1. The molecule has 2 aliphatic rings. The van der Waals surface area contributed by atoms with Crippen LogP contribution < -0.4 is 10.2 Å². The van der Waals surface area contributed by atoms with Gasteiger partial charge < -0.3 is 24.8 Å².